The lowest BCUT2D eigenvalue weighted by molar-refractivity contribution is 0.267. The fourth-order valence-electron chi connectivity index (χ4n) is 4.85. The molecule has 0 bridgehead atoms. The summed E-state index contributed by atoms with van der Waals surface area (Å²) < 4.78 is 5.49. The van der Waals surface area contributed by atoms with E-state index in [-0.39, 0.29) is 5.04 Å². The van der Waals surface area contributed by atoms with Gasteiger partial charge in [-0.3, -0.25) is 0 Å². The molecule has 218 valence electrons. The summed E-state index contributed by atoms with van der Waals surface area (Å²) in [5.41, 5.74) is 0. The highest BCUT2D eigenvalue weighted by molar-refractivity contribution is 7.94. The van der Waals surface area contributed by atoms with Gasteiger partial charge in [0.15, 0.2) is 8.32 Å². The Kier molecular flexibility index (Phi) is 12.7. The van der Waals surface area contributed by atoms with E-state index in [1.54, 1.807) is 0 Å². The van der Waals surface area contributed by atoms with E-state index in [9.17, 15) is 0 Å². The molecule has 0 spiro atoms. The molecule has 5 heteroatoms. The minimum Gasteiger partial charge on any atom is -0.414 e. The molecular weight excluding hydrogens is 566 g/mol. The quantitative estimate of drug-likeness (QED) is 0.0716. The smallest absolute Gasteiger partial charge is 0.192 e. The molecule has 0 aliphatic rings. The lowest BCUT2D eigenvalue weighted by atomic mass is 10.1. The van der Waals surface area contributed by atoms with E-state index in [0.717, 1.165) is 19.3 Å². The van der Waals surface area contributed by atoms with Crippen LogP contribution in [-0.2, 0) is 4.43 Å². The highest BCUT2D eigenvalue weighted by atomic mass is 35.5. The van der Waals surface area contributed by atoms with Crippen LogP contribution in [0, 0.1) is 0 Å². The number of alkyl halides is 2. The molecule has 3 aromatic rings. The third-order valence-electron chi connectivity index (χ3n) is 8.34. The van der Waals surface area contributed by atoms with Gasteiger partial charge in [-0.2, -0.15) is 0 Å². The molecule has 0 amide bonds. The van der Waals surface area contributed by atoms with Gasteiger partial charge in [0.2, 0.25) is 0 Å². The van der Waals surface area contributed by atoms with E-state index in [0.29, 0.717) is 6.61 Å². The average molecular weight is 616 g/mol. The maximum absolute atomic E-state index is 6.63. The molecule has 0 atom stereocenters. The predicted octanol–water partition coefficient (Wildman–Crippen LogP) is 10.1. The summed E-state index contributed by atoms with van der Waals surface area (Å²) in [7, 11) is -1.84. The van der Waals surface area contributed by atoms with Crippen LogP contribution in [-0.4, -0.2) is 25.1 Å². The Bertz CT molecular complexity index is 1080. The summed E-state index contributed by atoms with van der Waals surface area (Å²) >= 11 is 13.3. The number of benzene rings is 3. The van der Waals surface area contributed by atoms with Crippen molar-refractivity contribution in [3.63, 3.8) is 0 Å². The normalized spacial score (nSPS) is 12.9. The van der Waals surface area contributed by atoms with Gasteiger partial charge in [0.05, 0.1) is 6.61 Å². The van der Waals surface area contributed by atoms with Crippen molar-refractivity contribution in [2.24, 2.45) is 0 Å². The van der Waals surface area contributed by atoms with Gasteiger partial charge in [-0.15, -0.1) is 0 Å². The molecule has 0 unspecified atom stereocenters. The molecule has 40 heavy (non-hydrogen) atoms. The van der Waals surface area contributed by atoms with Gasteiger partial charge in [0.1, 0.15) is 4.33 Å². The van der Waals surface area contributed by atoms with Gasteiger partial charge in [-0.05, 0) is 60.2 Å². The molecule has 0 fully saturated rings. The van der Waals surface area contributed by atoms with E-state index < -0.39 is 19.5 Å². The fraction of sp³-hybridized carbons (Fsp3) is 0.457. The summed E-state index contributed by atoms with van der Waals surface area (Å²) in [5.74, 6) is 2.66. The van der Waals surface area contributed by atoms with Gasteiger partial charge in [-0.1, -0.05) is 173 Å². The molecule has 0 radical (unpaired) electrons. The van der Waals surface area contributed by atoms with Crippen LogP contribution in [0.5, 0.6) is 0 Å². The second-order valence-electron chi connectivity index (χ2n) is 12.5. The number of hydrogen-bond acceptors (Lipinski definition) is 1. The van der Waals surface area contributed by atoms with Crippen molar-refractivity contribution in [2.75, 3.05) is 6.61 Å². The highest BCUT2D eigenvalue weighted by Gasteiger charge is 2.39. The minimum absolute atomic E-state index is 0.166. The first-order chi connectivity index (χ1) is 19.0. The first kappa shape index (κ1) is 33.2. The van der Waals surface area contributed by atoms with E-state index >= 15 is 0 Å². The lowest BCUT2D eigenvalue weighted by Gasteiger charge is -2.37. The molecule has 0 aromatic heterocycles. The Hall–Kier alpha value is -1.28. The van der Waals surface area contributed by atoms with Crippen molar-refractivity contribution in [1.29, 1.82) is 0 Å². The number of halogens is 2. The number of unbranched alkanes of at least 4 members (excludes halogenated alkanes) is 6. The zero-order valence-electron chi connectivity index (χ0n) is 25.2. The van der Waals surface area contributed by atoms with E-state index in [4.69, 9.17) is 27.6 Å². The zero-order chi connectivity index (χ0) is 29.1. The van der Waals surface area contributed by atoms with Crippen molar-refractivity contribution in [3.8, 4) is 0 Å². The Morgan fingerprint density at radius 3 is 1.48 bits per heavy atom. The van der Waals surface area contributed by atoms with Gasteiger partial charge in [0.25, 0.3) is 0 Å². The Balaban J connectivity index is 1.54. The minimum atomic E-state index is -1.84. The standard InChI is InChI=1S/C35H49Cl2OPSi/c1-34(2,3)40(4,5)38-30-35(36,37)28-20-9-7-6-8-10-21-29-39(31-22-14-11-15-23-31,32-24-16-12-17-25-32)33-26-18-13-19-27-33/h11-19,22-27,29H,6-10,20-21,28,30H2,1-5H3. The van der Waals surface area contributed by atoms with Crippen LogP contribution in [0.1, 0.15) is 72.1 Å². The maximum atomic E-state index is 6.63. The largest absolute Gasteiger partial charge is 0.414 e. The van der Waals surface area contributed by atoms with Gasteiger partial charge < -0.3 is 4.43 Å². The molecule has 0 N–H and O–H groups in total. The van der Waals surface area contributed by atoms with E-state index in [1.165, 1.54) is 48.0 Å². The third kappa shape index (κ3) is 9.37. The van der Waals surface area contributed by atoms with Crippen molar-refractivity contribution in [1.82, 2.24) is 0 Å². The molecule has 0 saturated carbocycles. The number of hydrogen-bond donors (Lipinski definition) is 0. The molecule has 3 rings (SSSR count). The Labute approximate surface area is 255 Å². The Morgan fingerprint density at radius 1 is 0.650 bits per heavy atom. The SMILES string of the molecule is CC(C)(C)[Si](C)(C)OCC(Cl)(Cl)CCCCCCCCC=P(c1ccccc1)(c1ccccc1)c1ccccc1. The highest BCUT2D eigenvalue weighted by Crippen LogP contribution is 2.44. The molecule has 1 nitrogen and oxygen atoms in total. The molecule has 0 aliphatic heterocycles. The summed E-state index contributed by atoms with van der Waals surface area (Å²) in [6, 6.07) is 33.3. The second kappa shape index (κ2) is 15.3. The summed E-state index contributed by atoms with van der Waals surface area (Å²) in [4.78, 5) is 0. The summed E-state index contributed by atoms with van der Waals surface area (Å²) in [6.07, 6.45) is 9.05. The average Bonchev–Trinajstić information content (AvgIpc) is 2.94. The molecular formula is C35H49Cl2OPSi. The van der Waals surface area contributed by atoms with E-state index in [1.807, 2.05) is 0 Å². The topological polar surface area (TPSA) is 9.23 Å². The van der Waals surface area contributed by atoms with Crippen LogP contribution in [0.3, 0.4) is 0 Å². The van der Waals surface area contributed by atoms with Gasteiger partial charge in [0, 0.05) is 0 Å². The van der Waals surface area contributed by atoms with Gasteiger partial charge in [-0.25, -0.2) is 0 Å². The molecule has 0 heterocycles. The zero-order valence-corrected chi connectivity index (χ0v) is 28.6. The van der Waals surface area contributed by atoms with Crippen molar-refractivity contribution < 1.29 is 4.43 Å². The van der Waals surface area contributed by atoms with Gasteiger partial charge >= 0.3 is 0 Å². The lowest BCUT2D eigenvalue weighted by Crippen LogP contribution is -2.43. The third-order valence-corrected chi connectivity index (χ3v) is 17.6. The van der Waals surface area contributed by atoms with Crippen molar-refractivity contribution >= 4 is 60.1 Å². The van der Waals surface area contributed by atoms with E-state index in [2.05, 4.69) is 131 Å². The van der Waals surface area contributed by atoms with Crippen LogP contribution >= 0.6 is 30.1 Å². The fourth-order valence-corrected chi connectivity index (χ4v) is 10.5. The first-order valence-corrected chi connectivity index (χ1v) is 20.4. The second-order valence-corrected chi connectivity index (χ2v) is 22.3. The van der Waals surface area contributed by atoms with Crippen molar-refractivity contribution in [3.05, 3.63) is 91.0 Å². The predicted molar refractivity (Wildman–Crippen MR) is 186 cm³/mol. The monoisotopic (exact) mass is 614 g/mol. The van der Waals surface area contributed by atoms with Crippen LogP contribution in [0.4, 0.5) is 0 Å². The first-order valence-electron chi connectivity index (χ1n) is 14.9. The summed E-state index contributed by atoms with van der Waals surface area (Å²) in [6.45, 7) is 9.83. The van der Waals surface area contributed by atoms with Crippen molar-refractivity contribution in [2.45, 2.75) is 94.6 Å². The van der Waals surface area contributed by atoms with Crippen LogP contribution in [0.25, 0.3) is 0 Å². The molecule has 3 aromatic carbocycles. The molecule has 0 aliphatic carbocycles. The van der Waals surface area contributed by atoms with Crippen LogP contribution < -0.4 is 15.9 Å². The van der Waals surface area contributed by atoms with Crippen LogP contribution in [0.15, 0.2) is 91.0 Å². The maximum Gasteiger partial charge on any atom is 0.192 e. The molecule has 0 saturated heterocycles. The Morgan fingerprint density at radius 2 is 1.05 bits per heavy atom. The number of rotatable bonds is 15. The van der Waals surface area contributed by atoms with Crippen LogP contribution in [0.2, 0.25) is 18.1 Å². The summed E-state index contributed by atoms with van der Waals surface area (Å²) in [5, 5.41) is 4.45.